The Labute approximate surface area is 153 Å². The maximum absolute atomic E-state index is 13.2. The Morgan fingerprint density at radius 2 is 1.77 bits per heavy atom. The van der Waals surface area contributed by atoms with Gasteiger partial charge in [0.15, 0.2) is 0 Å². The van der Waals surface area contributed by atoms with Crippen molar-refractivity contribution in [2.75, 3.05) is 0 Å². The summed E-state index contributed by atoms with van der Waals surface area (Å²) in [5.74, 6) is 0.786. The van der Waals surface area contributed by atoms with Crippen LogP contribution < -0.4 is 0 Å². The van der Waals surface area contributed by atoms with Crippen LogP contribution in [0.15, 0.2) is 71.3 Å². The number of amides is 1. The fourth-order valence-electron chi connectivity index (χ4n) is 3.28. The van der Waals surface area contributed by atoms with Crippen LogP contribution in [0.25, 0.3) is 11.3 Å². The van der Waals surface area contributed by atoms with E-state index in [1.807, 2.05) is 53.4 Å². The van der Waals surface area contributed by atoms with E-state index in [0.29, 0.717) is 23.9 Å². The normalized spacial score (nSPS) is 14.8. The molecule has 1 aliphatic rings. The number of hydrogen-bond donors (Lipinski definition) is 0. The highest BCUT2D eigenvalue weighted by molar-refractivity contribution is 5.92. The molecular formula is C22H22N2O2. The number of carbonyl (C=O) groups excluding carboxylic acids is 1. The molecule has 1 amide bonds. The quantitative estimate of drug-likeness (QED) is 0.645. The molecule has 0 radical (unpaired) electrons. The summed E-state index contributed by atoms with van der Waals surface area (Å²) in [7, 11) is 0. The molecule has 1 atom stereocenters. The predicted molar refractivity (Wildman–Crippen MR) is 100 cm³/mol. The van der Waals surface area contributed by atoms with Gasteiger partial charge in [-0.15, -0.1) is 0 Å². The van der Waals surface area contributed by atoms with Crippen LogP contribution in [0.5, 0.6) is 0 Å². The molecule has 1 aliphatic carbocycles. The second-order valence-corrected chi connectivity index (χ2v) is 6.94. The number of hydrogen-bond acceptors (Lipinski definition) is 3. The largest absolute Gasteiger partial charge is 0.350 e. The summed E-state index contributed by atoms with van der Waals surface area (Å²) in [6.45, 7) is 2.71. The Bertz CT molecular complexity index is 869. The van der Waals surface area contributed by atoms with Gasteiger partial charge in [-0.3, -0.25) is 4.79 Å². The van der Waals surface area contributed by atoms with Crippen molar-refractivity contribution < 1.29 is 9.32 Å². The third kappa shape index (κ3) is 3.54. The fourth-order valence-corrected chi connectivity index (χ4v) is 3.28. The summed E-state index contributed by atoms with van der Waals surface area (Å²) in [4.78, 5) is 15.1. The molecule has 1 saturated carbocycles. The van der Waals surface area contributed by atoms with Crippen molar-refractivity contribution in [3.8, 4) is 11.3 Å². The standard InChI is InChI=1S/C22H22N2O2/c1-16(18-12-13-18)24(15-17-8-4-2-5-9-17)22(25)21-14-20(23-26-21)19-10-6-3-7-11-19/h2-11,14,16,18H,12-13,15H2,1H3. The van der Waals surface area contributed by atoms with Gasteiger partial charge in [0.25, 0.3) is 5.91 Å². The van der Waals surface area contributed by atoms with Gasteiger partial charge in [-0.25, -0.2) is 0 Å². The highest BCUT2D eigenvalue weighted by Gasteiger charge is 2.35. The molecule has 2 aromatic carbocycles. The average molecular weight is 346 g/mol. The molecule has 0 bridgehead atoms. The minimum Gasteiger partial charge on any atom is -0.350 e. The Morgan fingerprint density at radius 1 is 1.12 bits per heavy atom. The third-order valence-corrected chi connectivity index (χ3v) is 5.04. The average Bonchev–Trinajstić information content (AvgIpc) is 3.43. The van der Waals surface area contributed by atoms with Crippen LogP contribution >= 0.6 is 0 Å². The van der Waals surface area contributed by atoms with Crippen molar-refractivity contribution in [1.29, 1.82) is 0 Å². The van der Waals surface area contributed by atoms with Gasteiger partial charge in [0, 0.05) is 24.2 Å². The monoisotopic (exact) mass is 346 g/mol. The molecule has 1 aromatic heterocycles. The molecule has 4 rings (SSSR count). The SMILES string of the molecule is CC(C1CC1)N(Cc1ccccc1)C(=O)c1cc(-c2ccccc2)no1. The summed E-state index contributed by atoms with van der Waals surface area (Å²) in [6.07, 6.45) is 2.37. The van der Waals surface area contributed by atoms with E-state index in [1.54, 1.807) is 6.07 Å². The van der Waals surface area contributed by atoms with Crippen molar-refractivity contribution >= 4 is 5.91 Å². The van der Waals surface area contributed by atoms with E-state index in [0.717, 1.165) is 11.1 Å². The van der Waals surface area contributed by atoms with Gasteiger partial charge in [0.2, 0.25) is 5.76 Å². The van der Waals surface area contributed by atoms with Crippen LogP contribution in [-0.2, 0) is 6.54 Å². The van der Waals surface area contributed by atoms with Gasteiger partial charge in [-0.05, 0) is 31.2 Å². The van der Waals surface area contributed by atoms with Crippen LogP contribution in [0.4, 0.5) is 0 Å². The minimum absolute atomic E-state index is 0.0945. The first kappa shape index (κ1) is 16.6. The summed E-state index contributed by atoms with van der Waals surface area (Å²) in [5, 5.41) is 4.09. The highest BCUT2D eigenvalue weighted by atomic mass is 16.5. The lowest BCUT2D eigenvalue weighted by Crippen LogP contribution is -2.39. The van der Waals surface area contributed by atoms with Crippen molar-refractivity contribution in [2.45, 2.75) is 32.4 Å². The van der Waals surface area contributed by atoms with Crippen LogP contribution in [-0.4, -0.2) is 22.0 Å². The van der Waals surface area contributed by atoms with Gasteiger partial charge in [0.1, 0.15) is 5.69 Å². The lowest BCUT2D eigenvalue weighted by molar-refractivity contribution is 0.0611. The van der Waals surface area contributed by atoms with Crippen molar-refractivity contribution in [2.24, 2.45) is 5.92 Å². The zero-order valence-corrected chi connectivity index (χ0v) is 14.8. The van der Waals surface area contributed by atoms with Gasteiger partial charge >= 0.3 is 0 Å². The van der Waals surface area contributed by atoms with E-state index in [1.165, 1.54) is 12.8 Å². The molecule has 132 valence electrons. The van der Waals surface area contributed by atoms with Crippen LogP contribution in [0.2, 0.25) is 0 Å². The molecule has 26 heavy (non-hydrogen) atoms. The summed E-state index contributed by atoms with van der Waals surface area (Å²) in [5.41, 5.74) is 2.75. The third-order valence-electron chi connectivity index (χ3n) is 5.04. The molecule has 4 nitrogen and oxygen atoms in total. The molecule has 0 N–H and O–H groups in total. The van der Waals surface area contributed by atoms with Crippen molar-refractivity contribution in [3.05, 3.63) is 78.1 Å². The zero-order valence-electron chi connectivity index (χ0n) is 14.8. The summed E-state index contributed by atoms with van der Waals surface area (Å²) in [6, 6.07) is 21.8. The predicted octanol–water partition coefficient (Wildman–Crippen LogP) is 4.78. The number of rotatable bonds is 6. The summed E-state index contributed by atoms with van der Waals surface area (Å²) < 4.78 is 5.41. The van der Waals surface area contributed by atoms with E-state index in [4.69, 9.17) is 4.52 Å². The number of aromatic nitrogens is 1. The van der Waals surface area contributed by atoms with Gasteiger partial charge < -0.3 is 9.42 Å². The van der Waals surface area contributed by atoms with Crippen molar-refractivity contribution in [1.82, 2.24) is 10.1 Å². The summed E-state index contributed by atoms with van der Waals surface area (Å²) >= 11 is 0. The minimum atomic E-state index is -0.0945. The second-order valence-electron chi connectivity index (χ2n) is 6.94. The van der Waals surface area contributed by atoms with E-state index in [-0.39, 0.29) is 11.9 Å². The molecular weight excluding hydrogens is 324 g/mol. The van der Waals surface area contributed by atoms with Crippen LogP contribution in [0.1, 0.15) is 35.9 Å². The maximum Gasteiger partial charge on any atom is 0.293 e. The van der Waals surface area contributed by atoms with E-state index >= 15 is 0 Å². The zero-order chi connectivity index (χ0) is 17.9. The van der Waals surface area contributed by atoms with Gasteiger partial charge in [0.05, 0.1) is 0 Å². The maximum atomic E-state index is 13.2. The Kier molecular flexibility index (Phi) is 4.57. The molecule has 1 fully saturated rings. The number of nitrogens with zero attached hydrogens (tertiary/aromatic N) is 2. The fraction of sp³-hybridized carbons (Fsp3) is 0.273. The number of benzene rings is 2. The van der Waals surface area contributed by atoms with Crippen molar-refractivity contribution in [3.63, 3.8) is 0 Å². The first-order chi connectivity index (χ1) is 12.7. The second kappa shape index (κ2) is 7.16. The molecule has 4 heteroatoms. The Balaban J connectivity index is 1.59. The Hall–Kier alpha value is -2.88. The van der Waals surface area contributed by atoms with E-state index in [2.05, 4.69) is 24.2 Å². The first-order valence-corrected chi connectivity index (χ1v) is 9.09. The molecule has 0 aliphatic heterocycles. The van der Waals surface area contributed by atoms with Gasteiger partial charge in [-0.2, -0.15) is 0 Å². The molecule has 0 saturated heterocycles. The first-order valence-electron chi connectivity index (χ1n) is 9.09. The van der Waals surface area contributed by atoms with Crippen LogP contribution in [0.3, 0.4) is 0 Å². The van der Waals surface area contributed by atoms with Crippen LogP contribution in [0, 0.1) is 5.92 Å². The topological polar surface area (TPSA) is 46.3 Å². The highest BCUT2D eigenvalue weighted by Crippen LogP contribution is 2.36. The lowest BCUT2D eigenvalue weighted by Gasteiger charge is -2.28. The lowest BCUT2D eigenvalue weighted by atomic mass is 10.1. The molecule has 3 aromatic rings. The molecule has 1 unspecified atom stereocenters. The molecule has 0 spiro atoms. The Morgan fingerprint density at radius 3 is 2.42 bits per heavy atom. The van der Waals surface area contributed by atoms with Gasteiger partial charge in [-0.1, -0.05) is 65.8 Å². The van der Waals surface area contributed by atoms with E-state index in [9.17, 15) is 4.79 Å². The number of carbonyl (C=O) groups is 1. The smallest absolute Gasteiger partial charge is 0.293 e. The van der Waals surface area contributed by atoms with E-state index < -0.39 is 0 Å². The molecule has 1 heterocycles.